The molecule has 0 saturated heterocycles. The maximum atomic E-state index is 13.8. The number of unbranched alkanes of at least 4 members (excludes halogenated alkanes) is 2. The summed E-state index contributed by atoms with van der Waals surface area (Å²) in [5, 5.41) is 17.6. The first-order valence-corrected chi connectivity index (χ1v) is 46.1. The molecule has 0 saturated carbocycles. The Labute approximate surface area is 802 Å². The van der Waals surface area contributed by atoms with E-state index in [0.29, 0.717) is 117 Å². The van der Waals surface area contributed by atoms with Crippen LogP contribution in [0.4, 0.5) is 31.4 Å². The topological polar surface area (TPSA) is 405 Å². The molecule has 35 heteroatoms. The van der Waals surface area contributed by atoms with Crippen LogP contribution in [0.15, 0.2) is 182 Å². The van der Waals surface area contributed by atoms with Crippen LogP contribution in [-0.4, -0.2) is 210 Å². The van der Waals surface area contributed by atoms with Gasteiger partial charge in [0.25, 0.3) is 0 Å². The lowest BCUT2D eigenvalue weighted by molar-refractivity contribution is -0.146. The molecule has 5 amide bonds. The van der Waals surface area contributed by atoms with Crippen LogP contribution in [0.2, 0.25) is 0 Å². The van der Waals surface area contributed by atoms with Crippen molar-refractivity contribution in [1.82, 2.24) is 25.8 Å². The van der Waals surface area contributed by atoms with Gasteiger partial charge in [0, 0.05) is 191 Å². The Morgan fingerprint density at radius 3 is 1.10 bits per heavy atom. The summed E-state index contributed by atoms with van der Waals surface area (Å²) in [7, 11) is 16.6. The van der Waals surface area contributed by atoms with Gasteiger partial charge >= 0.3 is 48.1 Å². The second-order valence-corrected chi connectivity index (χ2v) is 36.5. The Kier molecular flexibility index (Phi) is 32.0. The average molecular weight is 1910 g/mol. The van der Waals surface area contributed by atoms with Crippen LogP contribution in [0, 0.1) is 0 Å². The maximum Gasteiger partial charge on any atom is 0.415 e. The van der Waals surface area contributed by atoms with Crippen molar-refractivity contribution < 1.29 is 115 Å². The maximum absolute atomic E-state index is 13.8. The Bertz CT molecular complexity index is 6140. The minimum absolute atomic E-state index is 0. The van der Waals surface area contributed by atoms with E-state index in [9.17, 15) is 62.6 Å². The monoisotopic (exact) mass is 1910 g/mol. The third kappa shape index (κ3) is 21.4. The molecule has 6 N–H and O–H groups in total. The predicted octanol–water partition coefficient (Wildman–Crippen LogP) is 15.4. The summed E-state index contributed by atoms with van der Waals surface area (Å²) in [6, 6.07) is 48.7. The quantitative estimate of drug-likeness (QED) is 0.0173. The molecule has 0 aliphatic carbocycles. The van der Waals surface area contributed by atoms with Gasteiger partial charge in [-0.1, -0.05) is 99.4 Å². The van der Waals surface area contributed by atoms with E-state index in [-0.39, 0.29) is 90.4 Å². The second kappa shape index (κ2) is 43.1. The van der Waals surface area contributed by atoms with Gasteiger partial charge in [-0.3, -0.25) is 29.0 Å². The molecule has 6 heterocycles. The van der Waals surface area contributed by atoms with Crippen molar-refractivity contribution in [2.24, 2.45) is 5.73 Å². The number of rotatable bonds is 28. The minimum Gasteiger partial charge on any atom is -0.508 e. The number of alkyl carbamates (subject to hydrolysis) is 1. The number of phenolic OH excluding ortho intramolecular Hbond substituents is 1. The van der Waals surface area contributed by atoms with Crippen LogP contribution in [0.3, 0.4) is 0 Å². The van der Waals surface area contributed by atoms with Gasteiger partial charge in [0.1, 0.15) is 81.5 Å². The lowest BCUT2D eigenvalue weighted by Crippen LogP contribution is -2.54. The lowest BCUT2D eigenvalue weighted by Gasteiger charge is -2.37. The number of ether oxygens (including phenoxy) is 11. The van der Waals surface area contributed by atoms with E-state index in [2.05, 4.69) is 16.0 Å². The van der Waals surface area contributed by atoms with Crippen molar-refractivity contribution in [2.45, 2.75) is 140 Å². The Morgan fingerprint density at radius 1 is 0.438 bits per heavy atom. The number of esters is 5. The van der Waals surface area contributed by atoms with Crippen molar-refractivity contribution in [3.63, 3.8) is 0 Å². The van der Waals surface area contributed by atoms with E-state index >= 15 is 0 Å². The molecule has 9 aromatic rings. The van der Waals surface area contributed by atoms with Crippen LogP contribution in [0.25, 0.3) is 0 Å². The number of likely N-dealkylation sites (N-methyl/N-ethyl adjacent to an activating group) is 2. The molecule has 137 heavy (non-hydrogen) atoms. The number of aromatic hydroxyl groups is 1. The number of nitrogens with zero attached hydrogens (tertiary/aromatic N) is 5. The molecule has 0 aromatic heterocycles. The van der Waals surface area contributed by atoms with Crippen molar-refractivity contribution in [1.29, 1.82) is 0 Å². The summed E-state index contributed by atoms with van der Waals surface area (Å²) in [5.74, 6) is -1.41. The van der Waals surface area contributed by atoms with Crippen LogP contribution in [0.1, 0.15) is 175 Å². The largest absolute Gasteiger partial charge is 0.508 e. The van der Waals surface area contributed by atoms with Gasteiger partial charge in [-0.15, -0.1) is 0 Å². The van der Waals surface area contributed by atoms with Crippen LogP contribution in [-0.2, 0) is 74.0 Å². The Balaban J connectivity index is 0.000000194. The number of thioether (sulfide) groups is 2. The zero-order valence-electron chi connectivity index (χ0n) is 78.1. The van der Waals surface area contributed by atoms with E-state index in [4.69, 9.17) is 57.8 Å². The number of hydrogen-bond acceptors (Lipinski definition) is 30. The first kappa shape index (κ1) is 102. The SMILES string of the molecule is C.CCC(=O)SC[C@@H](C(=O)NC(CCCCNC(=O)OC(C)(C)C)C(=O)OC)N(C)C(=O)Oc1ccc2c(c1)Oc1cc(N(C)C)ccc1C21OC(=O)c2ccccc21.CCC(=O)SC[C@@H](C(=O)N[C@@H](CCCCN)C(=O)OC)N(C)C(=O)Oc1ccc2c(c1)Oc1cc(N(C)C)ccc1C21OC(=O)c2ccccc21.CN(C)c1ccc2c(c1)Oc1cc(O)ccc1C21OC(=O)c2ccccc21. The van der Waals surface area contributed by atoms with Crippen LogP contribution in [0.5, 0.6) is 51.7 Å². The molecule has 9 aromatic carbocycles. The summed E-state index contributed by atoms with van der Waals surface area (Å²) >= 11 is 1.78. The number of carbonyl (C=O) groups is 12. The van der Waals surface area contributed by atoms with Gasteiger partial charge in [0.2, 0.25) is 11.8 Å². The fourth-order valence-electron chi connectivity index (χ4n) is 16.6. The number of nitrogens with two attached hydrogens (primary N) is 1. The normalized spacial score (nSPS) is 16.6. The fraction of sp³-hybridized carbons (Fsp3) is 0.353. The number of amides is 5. The van der Waals surface area contributed by atoms with E-state index in [1.165, 1.54) is 40.4 Å². The zero-order chi connectivity index (χ0) is 98.0. The van der Waals surface area contributed by atoms with E-state index in [0.717, 1.165) is 61.5 Å². The van der Waals surface area contributed by atoms with E-state index in [1.807, 2.05) is 154 Å². The van der Waals surface area contributed by atoms with E-state index < -0.39 is 101 Å². The molecule has 7 atom stereocenters. The highest BCUT2D eigenvalue weighted by atomic mass is 32.2. The molecule has 0 radical (unpaired) electrons. The summed E-state index contributed by atoms with van der Waals surface area (Å²) in [5.41, 5.74) is 11.1. The predicted molar refractivity (Wildman–Crippen MR) is 515 cm³/mol. The number of methoxy groups -OCH3 is 2. The molecular formula is C102H113N9O24S2. The molecule has 15 rings (SSSR count). The highest BCUT2D eigenvalue weighted by molar-refractivity contribution is 8.13. The average Bonchev–Trinajstić information content (AvgIpc) is 1.49. The smallest absolute Gasteiger partial charge is 0.415 e. The molecule has 4 unspecified atom stereocenters. The second-order valence-electron chi connectivity index (χ2n) is 34.3. The summed E-state index contributed by atoms with van der Waals surface area (Å²) in [6.07, 6.45) is 0.607. The van der Waals surface area contributed by atoms with Crippen molar-refractivity contribution in [3.05, 3.63) is 249 Å². The molecular weight excluding hydrogens is 1800 g/mol. The van der Waals surface area contributed by atoms with Gasteiger partial charge in [-0.25, -0.2) is 38.4 Å². The van der Waals surface area contributed by atoms with Gasteiger partial charge in [-0.2, -0.15) is 0 Å². The molecule has 0 bridgehead atoms. The summed E-state index contributed by atoms with van der Waals surface area (Å²) in [6.45, 7) is 9.34. The first-order chi connectivity index (χ1) is 64.9. The third-order valence-electron chi connectivity index (χ3n) is 23.6. The standard InChI is InChI=1S/C42H50N4O11S.C37H42N4O9S.C22H17NO4.CH4/c1-9-35(47)58-24-32(36(48)44-31(38(50)53-8)16-12-13-21-43-39(51)57-41(2,3)4)46(7)40(52)54-26-18-20-30-34(23-26)55-33-22-25(45(5)6)17-19-29(33)42(30)28-15-11-10-14-27(28)37(49)56-42;1-6-32(42)51-21-29(33(43)39-28(35(45)47-5)13-9-10-18-38)41(4)36(46)48-23-15-17-27-31(20-23)49-30-19-22(40(2)3)14-16-26(30)37(27)25-12-8-7-11-24(25)34(44)50-37;1-23(2)13-7-9-17-19(11-13)26-20-12-14(24)8-10-18(20)22(17)16-6-4-3-5-15(16)21(25)27-22;/h10-11,14-15,17-20,22-23,31-32H,9,12-13,16,21,24H2,1-8H3,(H,43,51)(H,44,48);7-8,11-12,14-17,19-20,28-29H,6,9-10,13,18,21,38H2,1-5H3,(H,39,43);3-12,24H,1-2H3;1H4/t31?,32-,42?;28-,29-,37?;;/m00../s1. The number of carbonyl (C=O) groups excluding carboxylic acids is 12. The van der Waals surface area contributed by atoms with Crippen molar-refractivity contribution >= 4 is 111 Å². The van der Waals surface area contributed by atoms with Gasteiger partial charge in [0.15, 0.2) is 27.0 Å². The van der Waals surface area contributed by atoms with Crippen LogP contribution >= 0.6 is 23.5 Å². The Morgan fingerprint density at radius 2 is 0.766 bits per heavy atom. The van der Waals surface area contributed by atoms with Crippen LogP contribution < -0.4 is 60.1 Å². The first-order valence-electron chi connectivity index (χ1n) is 44.2. The van der Waals surface area contributed by atoms with E-state index in [1.54, 1.807) is 107 Å². The summed E-state index contributed by atoms with van der Waals surface area (Å²) in [4.78, 5) is 164. The zero-order valence-corrected chi connectivity index (χ0v) is 79.7. The fourth-order valence-corrected chi connectivity index (χ4v) is 18.4. The molecule has 3 spiro atoms. The highest BCUT2D eigenvalue weighted by Crippen LogP contribution is 2.61. The molecule has 6 aliphatic rings. The molecule has 33 nitrogen and oxygen atoms in total. The van der Waals surface area contributed by atoms with Gasteiger partial charge in [0.05, 0.1) is 30.9 Å². The number of anilines is 3. The van der Waals surface area contributed by atoms with Crippen molar-refractivity contribution in [3.8, 4) is 51.7 Å². The number of nitrogens with one attached hydrogen (secondary N) is 3. The summed E-state index contributed by atoms with van der Waals surface area (Å²) < 4.78 is 64.0. The molecule has 6 aliphatic heterocycles. The Hall–Kier alpha value is -14.3. The number of fused-ring (bicyclic) bond motifs is 18. The number of phenols is 1. The number of hydrogen-bond donors (Lipinski definition) is 5. The lowest BCUT2D eigenvalue weighted by atomic mass is 9.77. The van der Waals surface area contributed by atoms with Crippen molar-refractivity contribution in [2.75, 3.05) is 110 Å². The molecule has 0 fully saturated rings. The van der Waals surface area contributed by atoms with Gasteiger partial charge in [-0.05, 0) is 157 Å². The minimum atomic E-state index is -1.34. The number of benzene rings is 9. The third-order valence-corrected chi connectivity index (χ3v) is 25.8. The van der Waals surface area contributed by atoms with Gasteiger partial charge < -0.3 is 93.6 Å². The highest BCUT2D eigenvalue weighted by Gasteiger charge is 2.57. The molecule has 722 valence electrons.